The Labute approximate surface area is 59.2 Å². The summed E-state index contributed by atoms with van der Waals surface area (Å²) in [6.07, 6.45) is 7.00. The van der Waals surface area contributed by atoms with Crippen LogP contribution in [-0.4, -0.2) is 18.2 Å². The topological polar surface area (TPSA) is 44.7 Å². The molecule has 0 fully saturated rings. The van der Waals surface area contributed by atoms with Crippen LogP contribution in [0.1, 0.15) is 0 Å². The largest absolute Gasteiger partial charge is 0.295 e. The Balaban J connectivity index is 2.63. The molecule has 1 aliphatic rings. The lowest BCUT2D eigenvalue weighted by molar-refractivity contribution is 0.296. The summed E-state index contributed by atoms with van der Waals surface area (Å²) in [4.78, 5) is 10.1. The molecule has 54 valence electrons. The van der Waals surface area contributed by atoms with E-state index in [0.717, 1.165) is 0 Å². The zero-order valence-electron chi connectivity index (χ0n) is 5.69. The molecule has 0 amide bonds. The fourth-order valence-electron chi connectivity index (χ4n) is 0.795. The summed E-state index contributed by atoms with van der Waals surface area (Å²) in [6.45, 7) is 0. The van der Waals surface area contributed by atoms with Crippen LogP contribution in [0.5, 0.6) is 0 Å². The first-order chi connectivity index (χ1) is 4.88. The van der Waals surface area contributed by atoms with Crippen LogP contribution in [-0.2, 0) is 0 Å². The molecule has 0 aromatic heterocycles. The second kappa shape index (κ2) is 3.12. The Morgan fingerprint density at radius 1 is 1.60 bits per heavy atom. The zero-order valence-corrected chi connectivity index (χ0v) is 5.69. The van der Waals surface area contributed by atoms with Crippen molar-refractivity contribution in [1.29, 1.82) is 0 Å². The van der Waals surface area contributed by atoms with Crippen molar-refractivity contribution >= 4 is 0 Å². The predicted octanol–water partition coefficient (Wildman–Crippen LogP) is 0.599. The summed E-state index contributed by atoms with van der Waals surface area (Å²) in [6, 6.07) is 0. The van der Waals surface area contributed by atoms with Gasteiger partial charge in [0.1, 0.15) is 6.17 Å². The molecule has 4 nitrogen and oxygen atoms in total. The molecule has 0 aromatic carbocycles. The van der Waals surface area contributed by atoms with Gasteiger partial charge in [0.15, 0.2) is 0 Å². The Morgan fingerprint density at radius 2 is 2.40 bits per heavy atom. The first-order valence-electron chi connectivity index (χ1n) is 3.02. The van der Waals surface area contributed by atoms with Gasteiger partial charge >= 0.3 is 0 Å². The molecule has 1 unspecified atom stereocenters. The maximum atomic E-state index is 10.1. The fourth-order valence-corrected chi connectivity index (χ4v) is 0.795. The summed E-state index contributed by atoms with van der Waals surface area (Å²) < 4.78 is 0. The molecule has 1 rings (SSSR count). The molecule has 0 aromatic rings. The zero-order chi connectivity index (χ0) is 7.40. The van der Waals surface area contributed by atoms with Gasteiger partial charge in [-0.15, -0.1) is 4.91 Å². The maximum Gasteiger partial charge on any atom is 0.123 e. The Morgan fingerprint density at radius 3 is 2.90 bits per heavy atom. The number of nitrogens with one attached hydrogen (secondary N) is 1. The van der Waals surface area contributed by atoms with Gasteiger partial charge < -0.3 is 0 Å². The molecule has 0 saturated carbocycles. The van der Waals surface area contributed by atoms with Gasteiger partial charge in [-0.3, -0.25) is 5.32 Å². The average molecular weight is 139 g/mol. The fraction of sp³-hybridized carbons (Fsp3) is 0.333. The standard InChI is InChI=1S/C6H9N3O/c1-7-6-4-2-3-5-9(6)8-10/h2-7H,1H3. The highest BCUT2D eigenvalue weighted by Gasteiger charge is 2.10. The maximum absolute atomic E-state index is 10.1. The van der Waals surface area contributed by atoms with E-state index in [1.165, 1.54) is 5.01 Å². The van der Waals surface area contributed by atoms with Crippen molar-refractivity contribution in [2.45, 2.75) is 6.17 Å². The highest BCUT2D eigenvalue weighted by atomic mass is 16.3. The molecular weight excluding hydrogens is 130 g/mol. The lowest BCUT2D eigenvalue weighted by Crippen LogP contribution is -2.36. The van der Waals surface area contributed by atoms with Gasteiger partial charge in [0.2, 0.25) is 0 Å². The van der Waals surface area contributed by atoms with Crippen molar-refractivity contribution in [3.05, 3.63) is 29.3 Å². The van der Waals surface area contributed by atoms with E-state index >= 15 is 0 Å². The van der Waals surface area contributed by atoms with E-state index < -0.39 is 0 Å². The minimum atomic E-state index is -0.0949. The SMILES string of the molecule is CNC1C=CC=CN1N=O. The van der Waals surface area contributed by atoms with E-state index in [2.05, 4.69) is 10.6 Å². The molecule has 1 heterocycles. The van der Waals surface area contributed by atoms with Crippen LogP contribution >= 0.6 is 0 Å². The molecule has 0 aliphatic carbocycles. The molecule has 1 N–H and O–H groups in total. The van der Waals surface area contributed by atoms with Crippen LogP contribution < -0.4 is 5.32 Å². The number of nitrogens with zero attached hydrogens (tertiary/aromatic N) is 2. The average Bonchev–Trinajstić information content (AvgIpc) is 2.04. The van der Waals surface area contributed by atoms with Crippen molar-refractivity contribution in [2.24, 2.45) is 5.29 Å². The third-order valence-corrected chi connectivity index (χ3v) is 1.32. The van der Waals surface area contributed by atoms with E-state index in [1.807, 2.05) is 12.2 Å². The monoisotopic (exact) mass is 139 g/mol. The smallest absolute Gasteiger partial charge is 0.123 e. The number of hydrogen-bond acceptors (Lipinski definition) is 3. The quantitative estimate of drug-likeness (QED) is 0.570. The Kier molecular flexibility index (Phi) is 2.17. The van der Waals surface area contributed by atoms with Crippen molar-refractivity contribution < 1.29 is 0 Å². The molecule has 0 radical (unpaired) electrons. The van der Waals surface area contributed by atoms with E-state index in [-0.39, 0.29) is 6.17 Å². The molecule has 1 aliphatic heterocycles. The lowest BCUT2D eigenvalue weighted by Gasteiger charge is -2.20. The third-order valence-electron chi connectivity index (χ3n) is 1.32. The lowest BCUT2D eigenvalue weighted by atomic mass is 10.3. The van der Waals surface area contributed by atoms with Gasteiger partial charge in [0.25, 0.3) is 0 Å². The molecule has 0 saturated heterocycles. The van der Waals surface area contributed by atoms with Crippen molar-refractivity contribution in [2.75, 3.05) is 7.05 Å². The van der Waals surface area contributed by atoms with Gasteiger partial charge in [-0.1, -0.05) is 6.08 Å². The first-order valence-corrected chi connectivity index (χ1v) is 3.02. The van der Waals surface area contributed by atoms with E-state index in [4.69, 9.17) is 0 Å². The number of hydrogen-bond donors (Lipinski definition) is 1. The van der Waals surface area contributed by atoms with Gasteiger partial charge in [0, 0.05) is 6.20 Å². The normalized spacial score (nSPS) is 23.3. The van der Waals surface area contributed by atoms with Crippen LogP contribution in [0.3, 0.4) is 0 Å². The Hall–Kier alpha value is -1.16. The molecule has 1 atom stereocenters. The van der Waals surface area contributed by atoms with E-state index in [9.17, 15) is 4.91 Å². The van der Waals surface area contributed by atoms with Gasteiger partial charge in [-0.2, -0.15) is 0 Å². The van der Waals surface area contributed by atoms with Crippen LogP contribution in [0.2, 0.25) is 0 Å². The number of nitroso groups, excluding NO2 is 1. The molecular formula is C6H9N3O. The van der Waals surface area contributed by atoms with E-state index in [0.29, 0.717) is 0 Å². The molecule has 0 bridgehead atoms. The molecule has 4 heteroatoms. The first kappa shape index (κ1) is 6.95. The number of likely N-dealkylation sites (N-methyl/N-ethyl adjacent to an activating group) is 1. The van der Waals surface area contributed by atoms with Crippen molar-refractivity contribution in [3.63, 3.8) is 0 Å². The predicted molar refractivity (Wildman–Crippen MR) is 38.8 cm³/mol. The van der Waals surface area contributed by atoms with Crippen LogP contribution in [0, 0.1) is 4.91 Å². The summed E-state index contributed by atoms with van der Waals surface area (Å²) in [7, 11) is 1.77. The van der Waals surface area contributed by atoms with Crippen LogP contribution in [0.25, 0.3) is 0 Å². The third kappa shape index (κ3) is 1.22. The summed E-state index contributed by atoms with van der Waals surface area (Å²) in [5.74, 6) is 0. The summed E-state index contributed by atoms with van der Waals surface area (Å²) in [5.41, 5.74) is 0. The van der Waals surface area contributed by atoms with Crippen LogP contribution in [0.4, 0.5) is 0 Å². The second-order valence-corrected chi connectivity index (χ2v) is 1.92. The summed E-state index contributed by atoms with van der Waals surface area (Å²) in [5, 5.41) is 6.99. The highest BCUT2D eigenvalue weighted by Crippen LogP contribution is 2.04. The minimum absolute atomic E-state index is 0.0949. The highest BCUT2D eigenvalue weighted by molar-refractivity contribution is 5.11. The number of rotatable bonds is 2. The van der Waals surface area contributed by atoms with Gasteiger partial charge in [-0.25, -0.2) is 5.01 Å². The van der Waals surface area contributed by atoms with Gasteiger partial charge in [0.05, 0.1) is 5.29 Å². The van der Waals surface area contributed by atoms with Gasteiger partial charge in [-0.05, 0) is 19.2 Å². The number of allylic oxidation sites excluding steroid dienone is 2. The van der Waals surface area contributed by atoms with Crippen LogP contribution in [0.15, 0.2) is 29.7 Å². The minimum Gasteiger partial charge on any atom is -0.295 e. The van der Waals surface area contributed by atoms with Crippen molar-refractivity contribution in [1.82, 2.24) is 10.3 Å². The summed E-state index contributed by atoms with van der Waals surface area (Å²) >= 11 is 0. The van der Waals surface area contributed by atoms with E-state index in [1.54, 1.807) is 19.3 Å². The van der Waals surface area contributed by atoms with Crippen molar-refractivity contribution in [3.8, 4) is 0 Å². The molecule has 10 heavy (non-hydrogen) atoms. The Bertz CT molecular complexity index is 176. The molecule has 0 spiro atoms. The second-order valence-electron chi connectivity index (χ2n) is 1.92.